The SMILES string of the molecule is Cc1cc(Cl)ccc1OCCCC(=O)Nc1c(C)cccc1C(=O)N1CCCC1. The Bertz CT molecular complexity index is 892. The average Bonchev–Trinajstić information content (AvgIpc) is 3.22. The van der Waals surface area contributed by atoms with Gasteiger partial charge in [-0.1, -0.05) is 23.7 Å². The number of ether oxygens (including phenoxy) is 1. The van der Waals surface area contributed by atoms with Gasteiger partial charge < -0.3 is 15.0 Å². The molecule has 0 saturated carbocycles. The zero-order valence-electron chi connectivity index (χ0n) is 17.0. The molecule has 2 aromatic rings. The average molecular weight is 415 g/mol. The van der Waals surface area contributed by atoms with Gasteiger partial charge in [0.25, 0.3) is 5.91 Å². The largest absolute Gasteiger partial charge is 0.493 e. The molecule has 0 aromatic heterocycles. The second-order valence-corrected chi connectivity index (χ2v) is 7.84. The maximum Gasteiger partial charge on any atom is 0.255 e. The summed E-state index contributed by atoms with van der Waals surface area (Å²) in [6, 6.07) is 11.0. The van der Waals surface area contributed by atoms with Gasteiger partial charge in [0.15, 0.2) is 0 Å². The second-order valence-electron chi connectivity index (χ2n) is 7.41. The van der Waals surface area contributed by atoms with Crippen LogP contribution in [0.2, 0.25) is 5.02 Å². The highest BCUT2D eigenvalue weighted by atomic mass is 35.5. The van der Waals surface area contributed by atoms with Gasteiger partial charge in [0, 0.05) is 24.5 Å². The molecule has 3 rings (SSSR count). The lowest BCUT2D eigenvalue weighted by molar-refractivity contribution is -0.116. The topological polar surface area (TPSA) is 58.6 Å². The van der Waals surface area contributed by atoms with Crippen molar-refractivity contribution < 1.29 is 14.3 Å². The summed E-state index contributed by atoms with van der Waals surface area (Å²) < 4.78 is 5.75. The van der Waals surface area contributed by atoms with Gasteiger partial charge in [-0.05, 0) is 68.5 Å². The molecule has 0 unspecified atom stereocenters. The maximum absolute atomic E-state index is 12.8. The van der Waals surface area contributed by atoms with Crippen LogP contribution in [0.25, 0.3) is 0 Å². The normalized spacial score (nSPS) is 13.4. The van der Waals surface area contributed by atoms with Crippen molar-refractivity contribution in [2.45, 2.75) is 39.5 Å². The number of aryl methyl sites for hydroxylation is 2. The molecule has 0 atom stereocenters. The molecule has 5 nitrogen and oxygen atoms in total. The molecule has 154 valence electrons. The molecule has 1 aliphatic rings. The van der Waals surface area contributed by atoms with E-state index < -0.39 is 0 Å². The lowest BCUT2D eigenvalue weighted by Crippen LogP contribution is -2.29. The highest BCUT2D eigenvalue weighted by Gasteiger charge is 2.23. The van der Waals surface area contributed by atoms with Crippen molar-refractivity contribution in [3.8, 4) is 5.75 Å². The molecule has 2 aromatic carbocycles. The number of carbonyl (C=O) groups is 2. The fraction of sp³-hybridized carbons (Fsp3) is 0.391. The number of nitrogens with one attached hydrogen (secondary N) is 1. The number of benzene rings is 2. The van der Waals surface area contributed by atoms with Gasteiger partial charge >= 0.3 is 0 Å². The minimum absolute atomic E-state index is 0.0111. The number of halogens is 1. The molecule has 1 heterocycles. The Kier molecular flexibility index (Phi) is 7.15. The van der Waals surface area contributed by atoms with Gasteiger partial charge in [0.05, 0.1) is 17.9 Å². The number of carbonyl (C=O) groups excluding carboxylic acids is 2. The zero-order valence-corrected chi connectivity index (χ0v) is 17.7. The molecule has 2 amide bonds. The highest BCUT2D eigenvalue weighted by Crippen LogP contribution is 2.25. The number of rotatable bonds is 7. The molecule has 1 N–H and O–H groups in total. The Hall–Kier alpha value is -2.53. The molecule has 1 fully saturated rings. The Morgan fingerprint density at radius 3 is 2.59 bits per heavy atom. The smallest absolute Gasteiger partial charge is 0.255 e. The summed E-state index contributed by atoms with van der Waals surface area (Å²) >= 11 is 5.95. The Morgan fingerprint density at radius 1 is 1.10 bits per heavy atom. The summed E-state index contributed by atoms with van der Waals surface area (Å²) in [5.41, 5.74) is 3.03. The first kappa shape index (κ1) is 21.2. The third-order valence-corrected chi connectivity index (χ3v) is 5.34. The van der Waals surface area contributed by atoms with E-state index in [0.717, 1.165) is 42.8 Å². The summed E-state index contributed by atoms with van der Waals surface area (Å²) in [7, 11) is 0. The van der Waals surface area contributed by atoms with Gasteiger partial charge in [-0.15, -0.1) is 0 Å². The van der Waals surface area contributed by atoms with Gasteiger partial charge in [-0.25, -0.2) is 0 Å². The number of hydrogen-bond donors (Lipinski definition) is 1. The molecule has 0 bridgehead atoms. The van der Waals surface area contributed by atoms with E-state index in [0.29, 0.717) is 35.7 Å². The number of nitrogens with zero attached hydrogens (tertiary/aromatic N) is 1. The van der Waals surface area contributed by atoms with Crippen molar-refractivity contribution in [1.29, 1.82) is 0 Å². The lowest BCUT2D eigenvalue weighted by atomic mass is 10.1. The van der Waals surface area contributed by atoms with Crippen LogP contribution < -0.4 is 10.1 Å². The van der Waals surface area contributed by atoms with E-state index in [2.05, 4.69) is 5.32 Å². The molecule has 0 aliphatic carbocycles. The first-order valence-corrected chi connectivity index (χ1v) is 10.4. The van der Waals surface area contributed by atoms with E-state index >= 15 is 0 Å². The Balaban J connectivity index is 1.55. The van der Waals surface area contributed by atoms with E-state index in [1.54, 1.807) is 12.1 Å². The predicted molar refractivity (Wildman–Crippen MR) is 116 cm³/mol. The van der Waals surface area contributed by atoms with Crippen LogP contribution in [0.5, 0.6) is 5.75 Å². The molecule has 29 heavy (non-hydrogen) atoms. The van der Waals surface area contributed by atoms with Crippen LogP contribution in [0.4, 0.5) is 5.69 Å². The lowest BCUT2D eigenvalue weighted by Gasteiger charge is -2.19. The quantitative estimate of drug-likeness (QED) is 0.649. The van der Waals surface area contributed by atoms with E-state index in [9.17, 15) is 9.59 Å². The maximum atomic E-state index is 12.8. The molecule has 0 radical (unpaired) electrons. The number of hydrogen-bond acceptors (Lipinski definition) is 3. The van der Waals surface area contributed by atoms with Crippen LogP contribution in [0.1, 0.15) is 47.2 Å². The standard InChI is InChI=1S/C23H27ClN2O3/c1-16-7-5-8-19(23(28)26-12-3-4-13-26)22(16)25-21(27)9-6-14-29-20-11-10-18(24)15-17(20)2/h5,7-8,10-11,15H,3-4,6,9,12-14H2,1-2H3,(H,25,27). The van der Waals surface area contributed by atoms with Crippen molar-refractivity contribution in [3.63, 3.8) is 0 Å². The van der Waals surface area contributed by atoms with Crippen molar-refractivity contribution in [2.75, 3.05) is 25.0 Å². The summed E-state index contributed by atoms with van der Waals surface area (Å²) in [4.78, 5) is 27.1. The summed E-state index contributed by atoms with van der Waals surface area (Å²) in [5.74, 6) is 0.640. The van der Waals surface area contributed by atoms with E-state index in [1.807, 2.05) is 43.0 Å². The fourth-order valence-corrected chi connectivity index (χ4v) is 3.72. The predicted octanol–water partition coefficient (Wildman–Crippen LogP) is 4.99. The van der Waals surface area contributed by atoms with Crippen molar-refractivity contribution in [3.05, 3.63) is 58.1 Å². The molecule has 1 aliphatic heterocycles. The van der Waals surface area contributed by atoms with Crippen molar-refractivity contribution in [2.24, 2.45) is 0 Å². The van der Waals surface area contributed by atoms with E-state index in [4.69, 9.17) is 16.3 Å². The van der Waals surface area contributed by atoms with Crippen molar-refractivity contribution in [1.82, 2.24) is 4.90 Å². The zero-order chi connectivity index (χ0) is 20.8. The van der Waals surface area contributed by atoms with Gasteiger partial charge in [0.2, 0.25) is 5.91 Å². The summed E-state index contributed by atoms with van der Waals surface area (Å²) in [6.45, 7) is 5.83. The first-order chi connectivity index (χ1) is 14.0. The van der Waals surface area contributed by atoms with Gasteiger partial charge in [-0.3, -0.25) is 9.59 Å². The van der Waals surface area contributed by atoms with Crippen LogP contribution in [-0.4, -0.2) is 36.4 Å². The Morgan fingerprint density at radius 2 is 1.86 bits per heavy atom. The number of likely N-dealkylation sites (tertiary alicyclic amines) is 1. The van der Waals surface area contributed by atoms with E-state index in [1.165, 1.54) is 0 Å². The van der Waals surface area contributed by atoms with Gasteiger partial charge in [-0.2, -0.15) is 0 Å². The monoisotopic (exact) mass is 414 g/mol. The highest BCUT2D eigenvalue weighted by molar-refractivity contribution is 6.30. The molecular formula is C23H27ClN2O3. The molecular weight excluding hydrogens is 388 g/mol. The molecule has 6 heteroatoms. The third kappa shape index (κ3) is 5.51. The van der Waals surface area contributed by atoms with Crippen LogP contribution in [-0.2, 0) is 4.79 Å². The van der Waals surface area contributed by atoms with Crippen LogP contribution in [0.3, 0.4) is 0 Å². The number of amides is 2. The molecule has 0 spiro atoms. The Labute approximate surface area is 177 Å². The minimum Gasteiger partial charge on any atom is -0.493 e. The minimum atomic E-state index is -0.119. The van der Waals surface area contributed by atoms with Crippen LogP contribution in [0, 0.1) is 13.8 Å². The molecule has 1 saturated heterocycles. The van der Waals surface area contributed by atoms with E-state index in [-0.39, 0.29) is 11.8 Å². The van der Waals surface area contributed by atoms with Crippen LogP contribution in [0.15, 0.2) is 36.4 Å². The summed E-state index contributed by atoms with van der Waals surface area (Å²) in [6.07, 6.45) is 2.96. The summed E-state index contributed by atoms with van der Waals surface area (Å²) in [5, 5.41) is 3.61. The van der Waals surface area contributed by atoms with Gasteiger partial charge in [0.1, 0.15) is 5.75 Å². The second kappa shape index (κ2) is 9.79. The third-order valence-electron chi connectivity index (χ3n) is 5.10. The number of anilines is 1. The number of para-hydroxylation sites is 1. The van der Waals surface area contributed by atoms with Crippen LogP contribution >= 0.6 is 11.6 Å². The first-order valence-electron chi connectivity index (χ1n) is 10.0. The fourth-order valence-electron chi connectivity index (χ4n) is 3.49. The van der Waals surface area contributed by atoms with Crippen molar-refractivity contribution >= 4 is 29.1 Å².